The predicted octanol–water partition coefficient (Wildman–Crippen LogP) is 4.15. The maximum Gasteiger partial charge on any atom is 0.0461 e. The zero-order valence-electron chi connectivity index (χ0n) is 9.04. The first-order valence-corrected chi connectivity index (χ1v) is 7.60. The van der Waals surface area contributed by atoms with E-state index in [-0.39, 0.29) is 0 Å². The van der Waals surface area contributed by atoms with E-state index in [0.29, 0.717) is 0 Å². The Bertz CT molecular complexity index is 511. The molecule has 0 radical (unpaired) electrons. The van der Waals surface area contributed by atoms with Crippen LogP contribution in [0, 0.1) is 0 Å². The van der Waals surface area contributed by atoms with Crippen LogP contribution in [0.4, 0.5) is 5.69 Å². The van der Waals surface area contributed by atoms with Gasteiger partial charge >= 0.3 is 0 Å². The minimum absolute atomic E-state index is 0.779. The zero-order valence-corrected chi connectivity index (χ0v) is 13.0. The lowest BCUT2D eigenvalue weighted by molar-refractivity contribution is 0.699. The Labute approximate surface area is 121 Å². The lowest BCUT2D eigenvalue weighted by Crippen LogP contribution is -2.12. The van der Waals surface area contributed by atoms with Crippen LogP contribution in [0.3, 0.4) is 0 Å². The normalized spacial score (nSPS) is 10.7. The van der Waals surface area contributed by atoms with Gasteiger partial charge in [0.2, 0.25) is 0 Å². The predicted molar refractivity (Wildman–Crippen MR) is 81.1 cm³/mol. The molecule has 0 bridgehead atoms. The van der Waals surface area contributed by atoms with Gasteiger partial charge in [-0.2, -0.15) is 0 Å². The van der Waals surface area contributed by atoms with Crippen molar-refractivity contribution in [3.63, 3.8) is 0 Å². The van der Waals surface area contributed by atoms with Crippen molar-refractivity contribution in [3.05, 3.63) is 49.0 Å². The highest BCUT2D eigenvalue weighted by atomic mass is 79.9. The second kappa shape index (κ2) is 6.00. The average Bonchev–Trinajstić information content (AvgIpc) is 2.70. The van der Waals surface area contributed by atoms with E-state index in [1.165, 1.54) is 14.9 Å². The van der Waals surface area contributed by atoms with Crippen molar-refractivity contribution in [1.29, 1.82) is 0 Å². The Kier molecular flexibility index (Phi) is 4.62. The Morgan fingerprint density at radius 3 is 2.59 bits per heavy atom. The summed E-state index contributed by atoms with van der Waals surface area (Å²) in [5, 5.41) is 5.48. The second-order valence-electron chi connectivity index (χ2n) is 3.65. The largest absolute Gasteiger partial charge is 0.398 e. The van der Waals surface area contributed by atoms with Gasteiger partial charge in [-0.05, 0) is 61.0 Å². The highest BCUT2D eigenvalue weighted by molar-refractivity contribution is 9.11. The van der Waals surface area contributed by atoms with Gasteiger partial charge in [0, 0.05) is 32.6 Å². The minimum atomic E-state index is 0.779. The average molecular weight is 376 g/mol. The van der Waals surface area contributed by atoms with E-state index < -0.39 is 0 Å². The molecule has 3 N–H and O–H groups in total. The van der Waals surface area contributed by atoms with Crippen LogP contribution >= 0.6 is 43.2 Å². The number of hydrogen-bond acceptors (Lipinski definition) is 3. The van der Waals surface area contributed by atoms with Crippen molar-refractivity contribution >= 4 is 48.9 Å². The molecule has 1 aromatic heterocycles. The third-order valence-corrected chi connectivity index (χ3v) is 5.01. The first-order chi connectivity index (χ1) is 8.16. The van der Waals surface area contributed by atoms with Crippen LogP contribution in [0.25, 0.3) is 0 Å². The van der Waals surface area contributed by atoms with Gasteiger partial charge in [-0.3, -0.25) is 0 Å². The zero-order chi connectivity index (χ0) is 12.3. The number of benzene rings is 1. The molecular weight excluding hydrogens is 364 g/mol. The van der Waals surface area contributed by atoms with Crippen molar-refractivity contribution in [2.24, 2.45) is 0 Å². The Balaban J connectivity index is 1.90. The summed E-state index contributed by atoms with van der Waals surface area (Å²) in [7, 11) is 0. The molecule has 0 atom stereocenters. The number of nitrogens with two attached hydrogens (primary N) is 1. The minimum Gasteiger partial charge on any atom is -0.398 e. The molecule has 2 rings (SSSR count). The van der Waals surface area contributed by atoms with Crippen LogP contribution in [0.5, 0.6) is 0 Å². The van der Waals surface area contributed by atoms with Gasteiger partial charge in [0.05, 0.1) is 0 Å². The smallest absolute Gasteiger partial charge is 0.0461 e. The summed E-state index contributed by atoms with van der Waals surface area (Å²) in [4.78, 5) is 1.31. The molecule has 17 heavy (non-hydrogen) atoms. The third-order valence-electron chi connectivity index (χ3n) is 2.37. The van der Waals surface area contributed by atoms with E-state index >= 15 is 0 Å². The van der Waals surface area contributed by atoms with Gasteiger partial charge in [-0.25, -0.2) is 0 Å². The quantitative estimate of drug-likeness (QED) is 0.788. The summed E-state index contributed by atoms with van der Waals surface area (Å²) in [5.74, 6) is 0. The second-order valence-corrected chi connectivity index (χ2v) is 6.36. The van der Waals surface area contributed by atoms with E-state index in [9.17, 15) is 0 Å². The lowest BCUT2D eigenvalue weighted by Gasteiger charge is -2.06. The summed E-state index contributed by atoms with van der Waals surface area (Å²) in [6.07, 6.45) is 0. The van der Waals surface area contributed by atoms with E-state index in [1.54, 1.807) is 11.3 Å². The summed E-state index contributed by atoms with van der Waals surface area (Å²) >= 11 is 8.66. The molecule has 5 heteroatoms. The van der Waals surface area contributed by atoms with Crippen LogP contribution in [0.1, 0.15) is 10.4 Å². The molecule has 1 aromatic carbocycles. The topological polar surface area (TPSA) is 38.0 Å². The number of nitrogens with one attached hydrogen (secondary N) is 1. The fourth-order valence-electron chi connectivity index (χ4n) is 1.47. The molecule has 2 aromatic rings. The van der Waals surface area contributed by atoms with Crippen LogP contribution in [-0.2, 0) is 13.1 Å². The molecule has 0 spiro atoms. The van der Waals surface area contributed by atoms with Crippen molar-refractivity contribution in [2.45, 2.75) is 13.1 Å². The standard InChI is InChI=1S/C12H12Br2N2S/c13-9-2-1-8(5-11(9)15)6-16-7-12-10(14)3-4-17-12/h1-5,16H,6-7,15H2. The number of halogens is 2. The molecule has 0 aliphatic rings. The van der Waals surface area contributed by atoms with E-state index in [2.05, 4.69) is 54.7 Å². The lowest BCUT2D eigenvalue weighted by atomic mass is 10.2. The van der Waals surface area contributed by atoms with Gasteiger partial charge in [-0.15, -0.1) is 11.3 Å². The van der Waals surface area contributed by atoms with Crippen molar-refractivity contribution in [2.75, 3.05) is 5.73 Å². The van der Waals surface area contributed by atoms with E-state index in [0.717, 1.165) is 23.2 Å². The van der Waals surface area contributed by atoms with E-state index in [4.69, 9.17) is 5.73 Å². The fourth-order valence-corrected chi connectivity index (χ4v) is 3.18. The Morgan fingerprint density at radius 2 is 1.94 bits per heavy atom. The third kappa shape index (κ3) is 3.55. The molecule has 2 nitrogen and oxygen atoms in total. The summed E-state index contributed by atoms with van der Waals surface area (Å²) in [6, 6.07) is 8.10. The van der Waals surface area contributed by atoms with Crippen molar-refractivity contribution in [1.82, 2.24) is 5.32 Å². The molecule has 0 unspecified atom stereocenters. The number of hydrogen-bond donors (Lipinski definition) is 2. The number of nitrogen functional groups attached to an aromatic ring is 1. The SMILES string of the molecule is Nc1cc(CNCc2sccc2Br)ccc1Br. The van der Waals surface area contributed by atoms with E-state index in [1.807, 2.05) is 12.1 Å². The molecule has 90 valence electrons. The van der Waals surface area contributed by atoms with Crippen molar-refractivity contribution in [3.8, 4) is 0 Å². The number of rotatable bonds is 4. The van der Waals surface area contributed by atoms with Gasteiger partial charge in [0.15, 0.2) is 0 Å². The monoisotopic (exact) mass is 374 g/mol. The summed E-state index contributed by atoms with van der Waals surface area (Å²) in [5.41, 5.74) is 7.80. The highest BCUT2D eigenvalue weighted by Crippen LogP contribution is 2.23. The first kappa shape index (κ1) is 13.1. The fraction of sp³-hybridized carbons (Fsp3) is 0.167. The Hall–Kier alpha value is -0.360. The summed E-state index contributed by atoms with van der Waals surface area (Å²) < 4.78 is 2.12. The molecule has 0 saturated heterocycles. The van der Waals surface area contributed by atoms with Crippen LogP contribution < -0.4 is 11.1 Å². The molecule has 0 aliphatic heterocycles. The Morgan fingerprint density at radius 1 is 1.12 bits per heavy atom. The first-order valence-electron chi connectivity index (χ1n) is 5.13. The number of anilines is 1. The highest BCUT2D eigenvalue weighted by Gasteiger charge is 2.01. The van der Waals surface area contributed by atoms with Crippen LogP contribution in [0.2, 0.25) is 0 Å². The summed E-state index contributed by atoms with van der Waals surface area (Å²) in [6.45, 7) is 1.69. The maximum absolute atomic E-state index is 5.83. The van der Waals surface area contributed by atoms with Crippen LogP contribution in [0.15, 0.2) is 38.6 Å². The number of thiophene rings is 1. The van der Waals surface area contributed by atoms with Gasteiger partial charge in [0.1, 0.15) is 0 Å². The molecule has 0 fully saturated rings. The maximum atomic E-state index is 5.83. The molecule has 0 amide bonds. The van der Waals surface area contributed by atoms with Crippen molar-refractivity contribution < 1.29 is 0 Å². The molecule has 0 saturated carbocycles. The van der Waals surface area contributed by atoms with Gasteiger partial charge < -0.3 is 11.1 Å². The molecular formula is C12H12Br2N2S. The molecule has 1 heterocycles. The van der Waals surface area contributed by atoms with Crippen LogP contribution in [-0.4, -0.2) is 0 Å². The van der Waals surface area contributed by atoms with Gasteiger partial charge in [-0.1, -0.05) is 6.07 Å². The molecule has 0 aliphatic carbocycles. The van der Waals surface area contributed by atoms with Gasteiger partial charge in [0.25, 0.3) is 0 Å².